The molecule has 0 aromatic carbocycles. The van der Waals surface area contributed by atoms with Crippen molar-refractivity contribution in [2.45, 2.75) is 69.6 Å². The second kappa shape index (κ2) is 9.58. The molecular weight excluding hydrogens is 424 g/mol. The van der Waals surface area contributed by atoms with Crippen LogP contribution >= 0.6 is 0 Å². The summed E-state index contributed by atoms with van der Waals surface area (Å²) in [4.78, 5) is 44.3. The number of cyclic esters (lactones) is 1. The predicted octanol–water partition coefficient (Wildman–Crippen LogP) is 1.82. The molecule has 0 saturated carbocycles. The molecular formula is C25H36N2O6. The van der Waals surface area contributed by atoms with Crippen molar-refractivity contribution in [3.8, 4) is 0 Å². The molecule has 4 rings (SSSR count). The number of amides is 2. The minimum Gasteiger partial charge on any atom is -0.461 e. The number of unbranched alkanes of at least 4 members (excludes halogenated alkanes) is 3. The monoisotopic (exact) mass is 460 g/mol. The van der Waals surface area contributed by atoms with Crippen molar-refractivity contribution in [1.82, 2.24) is 9.80 Å². The highest BCUT2D eigenvalue weighted by Crippen LogP contribution is 2.58. The zero-order chi connectivity index (χ0) is 23.6. The molecule has 1 unspecified atom stereocenters. The zero-order valence-corrected chi connectivity index (χ0v) is 19.7. The average Bonchev–Trinajstić information content (AvgIpc) is 3.08. The Labute approximate surface area is 195 Å². The van der Waals surface area contributed by atoms with Crippen LogP contribution in [0.25, 0.3) is 0 Å². The number of esters is 1. The van der Waals surface area contributed by atoms with Crippen molar-refractivity contribution in [2.24, 2.45) is 11.8 Å². The molecule has 2 saturated heterocycles. The van der Waals surface area contributed by atoms with Crippen LogP contribution in [0.2, 0.25) is 0 Å². The highest BCUT2D eigenvalue weighted by Gasteiger charge is 2.75. The summed E-state index contributed by atoms with van der Waals surface area (Å²) in [5, 5.41) is 9.26. The van der Waals surface area contributed by atoms with Crippen molar-refractivity contribution in [3.05, 3.63) is 24.3 Å². The third kappa shape index (κ3) is 3.81. The van der Waals surface area contributed by atoms with Crippen molar-refractivity contribution in [1.29, 1.82) is 0 Å². The van der Waals surface area contributed by atoms with Crippen molar-refractivity contribution < 1.29 is 29.0 Å². The Morgan fingerprint density at radius 1 is 1.00 bits per heavy atom. The number of carbonyl (C=O) groups excluding carboxylic acids is 3. The third-order valence-corrected chi connectivity index (χ3v) is 7.62. The maximum atomic E-state index is 13.9. The highest BCUT2D eigenvalue weighted by molar-refractivity contribution is 5.99. The molecule has 2 amide bonds. The molecule has 4 aliphatic rings. The lowest BCUT2D eigenvalue weighted by atomic mass is 9.73. The highest BCUT2D eigenvalue weighted by atomic mass is 16.6. The van der Waals surface area contributed by atoms with E-state index in [-0.39, 0.29) is 25.0 Å². The van der Waals surface area contributed by atoms with Crippen molar-refractivity contribution >= 4 is 17.8 Å². The van der Waals surface area contributed by atoms with E-state index in [0.717, 1.165) is 19.3 Å². The molecule has 5 atom stereocenters. The van der Waals surface area contributed by atoms with Gasteiger partial charge in [-0.25, -0.2) is 0 Å². The largest absolute Gasteiger partial charge is 0.461 e. The quantitative estimate of drug-likeness (QED) is 0.320. The number of rotatable bonds is 9. The summed E-state index contributed by atoms with van der Waals surface area (Å²) in [6.07, 6.45) is 12.0. The van der Waals surface area contributed by atoms with E-state index in [9.17, 15) is 19.5 Å². The maximum Gasteiger partial charge on any atom is 0.313 e. The summed E-state index contributed by atoms with van der Waals surface area (Å²) in [5.74, 6) is -2.43. The van der Waals surface area contributed by atoms with Gasteiger partial charge in [0.2, 0.25) is 11.8 Å². The number of likely N-dealkylation sites (tertiary alicyclic amines) is 1. The van der Waals surface area contributed by atoms with E-state index >= 15 is 0 Å². The molecule has 4 aliphatic heterocycles. The molecule has 2 fully saturated rings. The Morgan fingerprint density at radius 3 is 2.52 bits per heavy atom. The van der Waals surface area contributed by atoms with Crippen molar-refractivity contribution in [2.75, 3.05) is 32.8 Å². The molecule has 0 bridgehead atoms. The number of aliphatic hydroxyl groups is 1. The van der Waals surface area contributed by atoms with E-state index in [1.807, 2.05) is 30.1 Å². The fourth-order valence-corrected chi connectivity index (χ4v) is 6.03. The average molecular weight is 461 g/mol. The third-order valence-electron chi connectivity index (χ3n) is 7.62. The zero-order valence-electron chi connectivity index (χ0n) is 19.7. The molecule has 182 valence electrons. The van der Waals surface area contributed by atoms with E-state index in [0.29, 0.717) is 38.9 Å². The first-order chi connectivity index (χ1) is 16.0. The Morgan fingerprint density at radius 2 is 1.79 bits per heavy atom. The SMILES string of the molecule is CCCCCN1CC=C[C@]23O[C@]4(CC)C=CCOC(=O)[C@@H]4[C@H]2C(=O)N(CCCCO)C3C1=O. The van der Waals surface area contributed by atoms with E-state index in [1.54, 1.807) is 11.0 Å². The van der Waals surface area contributed by atoms with Gasteiger partial charge in [0.15, 0.2) is 0 Å². The summed E-state index contributed by atoms with van der Waals surface area (Å²) in [6, 6.07) is -0.828. The Bertz CT molecular complexity index is 841. The van der Waals surface area contributed by atoms with Gasteiger partial charge in [-0.05, 0) is 31.8 Å². The van der Waals surface area contributed by atoms with Crippen LogP contribution < -0.4 is 0 Å². The van der Waals surface area contributed by atoms with Crippen LogP contribution in [0.5, 0.6) is 0 Å². The Balaban J connectivity index is 1.77. The topological polar surface area (TPSA) is 96.4 Å². The predicted molar refractivity (Wildman–Crippen MR) is 121 cm³/mol. The number of hydrogen-bond acceptors (Lipinski definition) is 6. The van der Waals surface area contributed by atoms with Gasteiger partial charge in [-0.3, -0.25) is 14.4 Å². The summed E-state index contributed by atoms with van der Waals surface area (Å²) < 4.78 is 12.2. The lowest BCUT2D eigenvalue weighted by molar-refractivity contribution is -0.159. The first-order valence-electron chi connectivity index (χ1n) is 12.4. The molecule has 0 radical (unpaired) electrons. The summed E-state index contributed by atoms with van der Waals surface area (Å²) in [7, 11) is 0. The molecule has 0 aliphatic carbocycles. The number of ether oxygens (including phenoxy) is 2. The second-order valence-corrected chi connectivity index (χ2v) is 9.51. The minimum atomic E-state index is -1.21. The summed E-state index contributed by atoms with van der Waals surface area (Å²) >= 11 is 0. The normalized spacial score (nSPS) is 35.2. The summed E-state index contributed by atoms with van der Waals surface area (Å²) in [5.41, 5.74) is -2.19. The van der Waals surface area contributed by atoms with Gasteiger partial charge in [-0.15, -0.1) is 0 Å². The van der Waals surface area contributed by atoms with Crippen LogP contribution in [-0.2, 0) is 23.9 Å². The van der Waals surface area contributed by atoms with Gasteiger partial charge < -0.3 is 24.4 Å². The summed E-state index contributed by atoms with van der Waals surface area (Å²) in [6.45, 7) is 5.65. The van der Waals surface area contributed by atoms with Crippen LogP contribution in [0.1, 0.15) is 52.4 Å². The smallest absolute Gasteiger partial charge is 0.313 e. The number of hydrogen-bond donors (Lipinski definition) is 1. The Hall–Kier alpha value is -2.19. The van der Waals surface area contributed by atoms with Crippen molar-refractivity contribution in [3.63, 3.8) is 0 Å². The molecule has 33 heavy (non-hydrogen) atoms. The van der Waals surface area contributed by atoms with Gasteiger partial charge in [0.05, 0.1) is 5.92 Å². The standard InChI is InChI=1S/C25H36N2O6/c1-3-5-6-13-26-14-9-12-25-18(19-23(31)32-17-10-11-24(19,4-2)33-25)21(29)27(15-7-8-16-28)20(25)22(26)30/h9-12,18-20,28H,3-8,13-17H2,1-2H3/t18-,19-,20?,24+,25-/m0/s1. The molecule has 8 heteroatoms. The Kier molecular flexibility index (Phi) is 6.96. The van der Waals surface area contributed by atoms with Crippen LogP contribution in [0.4, 0.5) is 0 Å². The van der Waals surface area contributed by atoms with E-state index < -0.39 is 35.0 Å². The molecule has 0 aromatic rings. The lowest BCUT2D eigenvalue weighted by Crippen LogP contribution is -2.56. The maximum absolute atomic E-state index is 13.9. The van der Waals surface area contributed by atoms with E-state index in [1.165, 1.54) is 0 Å². The van der Waals surface area contributed by atoms with Crippen LogP contribution in [-0.4, -0.2) is 82.8 Å². The lowest BCUT2D eigenvalue weighted by Gasteiger charge is -2.38. The van der Waals surface area contributed by atoms with Crippen LogP contribution in [0.3, 0.4) is 0 Å². The second-order valence-electron chi connectivity index (χ2n) is 9.51. The number of fused-ring (bicyclic) bond motifs is 2. The van der Waals surface area contributed by atoms with Crippen LogP contribution in [0.15, 0.2) is 24.3 Å². The minimum absolute atomic E-state index is 0.0213. The molecule has 8 nitrogen and oxygen atoms in total. The van der Waals surface area contributed by atoms with Gasteiger partial charge in [0, 0.05) is 26.2 Å². The van der Waals surface area contributed by atoms with Gasteiger partial charge in [0.1, 0.15) is 29.8 Å². The molecule has 0 aromatic heterocycles. The first kappa shape index (κ1) is 24.0. The molecule has 1 N–H and O–H groups in total. The van der Waals surface area contributed by atoms with Crippen LogP contribution in [0, 0.1) is 11.8 Å². The van der Waals surface area contributed by atoms with Gasteiger partial charge in [-0.2, -0.15) is 0 Å². The number of nitrogens with zero attached hydrogens (tertiary/aromatic N) is 2. The van der Waals surface area contributed by atoms with Gasteiger partial charge in [0.25, 0.3) is 0 Å². The fraction of sp³-hybridized carbons (Fsp3) is 0.720. The van der Waals surface area contributed by atoms with E-state index in [4.69, 9.17) is 9.47 Å². The fourth-order valence-electron chi connectivity index (χ4n) is 6.03. The van der Waals surface area contributed by atoms with Gasteiger partial charge in [-0.1, -0.05) is 44.9 Å². The van der Waals surface area contributed by atoms with E-state index in [2.05, 4.69) is 6.92 Å². The number of aliphatic hydroxyl groups excluding tert-OH is 1. The first-order valence-corrected chi connectivity index (χ1v) is 12.4. The molecule has 1 spiro atoms. The number of carbonyl (C=O) groups is 3. The van der Waals surface area contributed by atoms with Gasteiger partial charge >= 0.3 is 5.97 Å². The molecule has 4 heterocycles.